The van der Waals surface area contributed by atoms with Crippen molar-refractivity contribution in [2.24, 2.45) is 5.92 Å². The molecule has 5 nitrogen and oxygen atoms in total. The summed E-state index contributed by atoms with van der Waals surface area (Å²) in [7, 11) is 12.2. The van der Waals surface area contributed by atoms with Crippen LogP contribution in [0.25, 0.3) is 0 Å². The zero-order valence-electron chi connectivity index (χ0n) is 19.3. The van der Waals surface area contributed by atoms with Gasteiger partial charge in [-0.3, -0.25) is 0 Å². The Bertz CT molecular complexity index is 1010. The summed E-state index contributed by atoms with van der Waals surface area (Å²) in [5, 5.41) is 11.0. The van der Waals surface area contributed by atoms with Crippen molar-refractivity contribution < 1.29 is 9.84 Å². The molecule has 5 heteroatoms. The van der Waals surface area contributed by atoms with Gasteiger partial charge in [-0.2, -0.15) is 0 Å². The van der Waals surface area contributed by atoms with E-state index in [1.54, 1.807) is 0 Å². The van der Waals surface area contributed by atoms with Crippen LogP contribution < -0.4 is 9.80 Å². The summed E-state index contributed by atoms with van der Waals surface area (Å²) >= 11 is 0. The number of anilines is 2. The summed E-state index contributed by atoms with van der Waals surface area (Å²) in [6.45, 7) is 0. The van der Waals surface area contributed by atoms with Gasteiger partial charge in [-0.25, -0.2) is 0 Å². The van der Waals surface area contributed by atoms with E-state index < -0.39 is 11.9 Å². The Balaban J connectivity index is 1.86. The molecule has 0 aromatic heterocycles. The number of hydrogen-bond acceptors (Lipinski definition) is 5. The third kappa shape index (κ3) is 3.62. The van der Waals surface area contributed by atoms with E-state index in [-0.39, 0.29) is 5.92 Å². The van der Waals surface area contributed by atoms with Gasteiger partial charge < -0.3 is 24.5 Å². The first-order chi connectivity index (χ1) is 14.7. The van der Waals surface area contributed by atoms with E-state index in [1.165, 1.54) is 5.70 Å². The van der Waals surface area contributed by atoms with Gasteiger partial charge in [0.2, 0.25) is 0 Å². The minimum absolute atomic E-state index is 0.0718. The lowest BCUT2D eigenvalue weighted by atomic mass is 9.73. The van der Waals surface area contributed by atoms with Gasteiger partial charge in [0.05, 0.1) is 0 Å². The number of hydrogen-bond donors (Lipinski definition) is 1. The monoisotopic (exact) mass is 419 g/mol. The number of fused-ring (bicyclic) bond motifs is 1. The lowest BCUT2D eigenvalue weighted by molar-refractivity contribution is -0.169. The fourth-order valence-corrected chi connectivity index (χ4v) is 4.65. The lowest BCUT2D eigenvalue weighted by Gasteiger charge is -2.38. The zero-order chi connectivity index (χ0) is 22.3. The van der Waals surface area contributed by atoms with Crippen LogP contribution in [0.3, 0.4) is 0 Å². The van der Waals surface area contributed by atoms with Crippen LogP contribution in [-0.4, -0.2) is 52.3 Å². The van der Waals surface area contributed by atoms with Gasteiger partial charge in [0, 0.05) is 70.8 Å². The molecule has 0 radical (unpaired) electrons. The van der Waals surface area contributed by atoms with Crippen LogP contribution >= 0.6 is 0 Å². The SMILES string of the molecule is CN(C)C1=CCC(C2(c3ccc(N(C)C)cc3)OC(O)c3cc(N(C)C)ccc32)C=C1. The first kappa shape index (κ1) is 21.5. The first-order valence-electron chi connectivity index (χ1n) is 10.7. The van der Waals surface area contributed by atoms with Crippen LogP contribution in [0.1, 0.15) is 29.4 Å². The summed E-state index contributed by atoms with van der Waals surface area (Å²) in [6.07, 6.45) is 6.52. The van der Waals surface area contributed by atoms with E-state index >= 15 is 0 Å². The smallest absolute Gasteiger partial charge is 0.183 e. The Kier molecular flexibility index (Phi) is 5.58. The van der Waals surface area contributed by atoms with E-state index in [1.807, 2.05) is 39.2 Å². The highest BCUT2D eigenvalue weighted by atomic mass is 16.6. The van der Waals surface area contributed by atoms with Crippen LogP contribution in [0, 0.1) is 5.92 Å². The number of rotatable bonds is 5. The highest BCUT2D eigenvalue weighted by molar-refractivity contribution is 5.57. The van der Waals surface area contributed by atoms with Crippen molar-refractivity contribution in [2.75, 3.05) is 52.1 Å². The van der Waals surface area contributed by atoms with Crippen LogP contribution in [0.4, 0.5) is 11.4 Å². The highest BCUT2D eigenvalue weighted by Gasteiger charge is 2.50. The third-order valence-corrected chi connectivity index (χ3v) is 6.45. The topological polar surface area (TPSA) is 39.2 Å². The quantitative estimate of drug-likeness (QED) is 0.790. The molecule has 1 N–H and O–H groups in total. The molecule has 0 saturated heterocycles. The Morgan fingerprint density at radius 3 is 2.06 bits per heavy atom. The summed E-state index contributed by atoms with van der Waals surface area (Å²) in [5.41, 5.74) is 5.58. The number of likely N-dealkylation sites (N-methyl/N-ethyl adjacent to an activating group) is 1. The average molecular weight is 420 g/mol. The van der Waals surface area contributed by atoms with E-state index in [4.69, 9.17) is 4.74 Å². The molecule has 3 unspecified atom stereocenters. The van der Waals surface area contributed by atoms with Gasteiger partial charge in [0.25, 0.3) is 0 Å². The average Bonchev–Trinajstić information content (AvgIpc) is 3.06. The van der Waals surface area contributed by atoms with E-state index in [0.29, 0.717) is 0 Å². The van der Waals surface area contributed by atoms with Gasteiger partial charge in [-0.05, 0) is 47.9 Å². The fraction of sp³-hybridized carbons (Fsp3) is 0.385. The van der Waals surface area contributed by atoms with Crippen molar-refractivity contribution in [2.45, 2.75) is 18.3 Å². The third-order valence-electron chi connectivity index (χ3n) is 6.45. The van der Waals surface area contributed by atoms with E-state index in [0.717, 1.165) is 34.5 Å². The number of aliphatic hydroxyl groups excluding tert-OH is 1. The molecule has 0 amide bonds. The lowest BCUT2D eigenvalue weighted by Crippen LogP contribution is -2.36. The second kappa shape index (κ2) is 8.06. The molecule has 0 fully saturated rings. The normalized spacial score (nSPS) is 24.5. The molecule has 4 rings (SSSR count). The number of ether oxygens (including phenoxy) is 1. The molecule has 3 atom stereocenters. The number of nitrogens with zero attached hydrogens (tertiary/aromatic N) is 3. The van der Waals surface area contributed by atoms with E-state index in [9.17, 15) is 5.11 Å². The first-order valence-corrected chi connectivity index (χ1v) is 10.7. The number of benzene rings is 2. The minimum atomic E-state index is -0.962. The molecule has 0 bridgehead atoms. The maximum absolute atomic E-state index is 11.0. The summed E-state index contributed by atoms with van der Waals surface area (Å²) in [5.74, 6) is 0.0718. The summed E-state index contributed by atoms with van der Waals surface area (Å²) < 4.78 is 6.51. The second-order valence-electron chi connectivity index (χ2n) is 9.04. The standard InChI is InChI=1S/C26H33N3O2/c1-27(2)20-11-7-18(8-12-20)26(19-9-13-21(14-10-19)28(3)4)24-16-15-22(29(5)6)17-23(24)25(30)31-26/h7-9,11-17,19,25,30H,10H2,1-6H3. The van der Waals surface area contributed by atoms with Gasteiger partial charge >= 0.3 is 0 Å². The van der Waals surface area contributed by atoms with E-state index in [2.05, 4.69) is 78.5 Å². The Labute approximate surface area is 185 Å². The zero-order valence-corrected chi connectivity index (χ0v) is 19.3. The van der Waals surface area contributed by atoms with Gasteiger partial charge in [-0.15, -0.1) is 0 Å². The van der Waals surface area contributed by atoms with Crippen molar-refractivity contribution in [3.05, 3.63) is 83.1 Å². The number of aliphatic hydroxyl groups is 1. The predicted octanol–water partition coefficient (Wildman–Crippen LogP) is 4.10. The molecule has 1 aliphatic heterocycles. The molecule has 1 aliphatic carbocycles. The molecule has 164 valence electrons. The molecule has 1 heterocycles. The largest absolute Gasteiger partial charge is 0.378 e. The van der Waals surface area contributed by atoms with Crippen molar-refractivity contribution >= 4 is 11.4 Å². The molecule has 2 aromatic rings. The molecular weight excluding hydrogens is 386 g/mol. The Hall–Kier alpha value is -2.76. The minimum Gasteiger partial charge on any atom is -0.378 e. The van der Waals surface area contributed by atoms with Crippen LogP contribution in [0.2, 0.25) is 0 Å². The van der Waals surface area contributed by atoms with Gasteiger partial charge in [-0.1, -0.05) is 30.4 Å². The Morgan fingerprint density at radius 2 is 1.52 bits per heavy atom. The number of allylic oxidation sites excluding steroid dienone is 2. The maximum Gasteiger partial charge on any atom is 0.183 e. The Morgan fingerprint density at radius 1 is 0.871 bits per heavy atom. The van der Waals surface area contributed by atoms with Crippen LogP contribution in [0.15, 0.2) is 66.4 Å². The second-order valence-corrected chi connectivity index (χ2v) is 9.04. The molecule has 2 aliphatic rings. The molecule has 0 saturated carbocycles. The molecule has 2 aromatic carbocycles. The van der Waals surface area contributed by atoms with Crippen LogP contribution in [0.5, 0.6) is 0 Å². The van der Waals surface area contributed by atoms with Crippen molar-refractivity contribution in [1.82, 2.24) is 4.90 Å². The summed E-state index contributed by atoms with van der Waals surface area (Å²) in [4.78, 5) is 6.25. The van der Waals surface area contributed by atoms with Gasteiger partial charge in [0.15, 0.2) is 6.29 Å². The van der Waals surface area contributed by atoms with Crippen molar-refractivity contribution in [1.29, 1.82) is 0 Å². The predicted molar refractivity (Wildman–Crippen MR) is 127 cm³/mol. The summed E-state index contributed by atoms with van der Waals surface area (Å²) in [6, 6.07) is 14.8. The highest BCUT2D eigenvalue weighted by Crippen LogP contribution is 2.54. The van der Waals surface area contributed by atoms with Crippen molar-refractivity contribution in [3.63, 3.8) is 0 Å². The fourth-order valence-electron chi connectivity index (χ4n) is 4.65. The van der Waals surface area contributed by atoms with Crippen molar-refractivity contribution in [3.8, 4) is 0 Å². The van der Waals surface area contributed by atoms with Gasteiger partial charge in [0.1, 0.15) is 5.60 Å². The molecular formula is C26H33N3O2. The molecule has 0 spiro atoms. The molecule has 31 heavy (non-hydrogen) atoms. The van der Waals surface area contributed by atoms with Crippen LogP contribution in [-0.2, 0) is 10.3 Å². The maximum atomic E-state index is 11.0.